The standard InChI is InChI=1S/C17H24FNO/c18-15-7-3-2-6-14(15)16(19)13-8-11-20-17(12-13)9-4-1-5-10-17/h2-3,6-7,13,16H,1,4-5,8-12,19H2. The van der Waals surface area contributed by atoms with Gasteiger partial charge in [-0.2, -0.15) is 0 Å². The number of hydrogen-bond acceptors (Lipinski definition) is 2. The van der Waals surface area contributed by atoms with E-state index in [1.807, 2.05) is 12.1 Å². The van der Waals surface area contributed by atoms with E-state index in [2.05, 4.69) is 0 Å². The second-order valence-electron chi connectivity index (χ2n) is 6.39. The zero-order valence-corrected chi connectivity index (χ0v) is 12.0. The van der Waals surface area contributed by atoms with E-state index in [0.717, 1.165) is 32.3 Å². The number of nitrogens with two attached hydrogens (primary N) is 1. The van der Waals surface area contributed by atoms with Crippen LogP contribution < -0.4 is 5.73 Å². The molecule has 0 radical (unpaired) electrons. The lowest BCUT2D eigenvalue weighted by atomic mass is 9.73. The Hall–Kier alpha value is -0.930. The van der Waals surface area contributed by atoms with Crippen molar-refractivity contribution in [3.8, 4) is 0 Å². The number of benzene rings is 1. The van der Waals surface area contributed by atoms with Gasteiger partial charge in [-0.3, -0.25) is 0 Å². The van der Waals surface area contributed by atoms with Gasteiger partial charge in [0.25, 0.3) is 0 Å². The fourth-order valence-corrected chi connectivity index (χ4v) is 3.92. The van der Waals surface area contributed by atoms with E-state index >= 15 is 0 Å². The summed E-state index contributed by atoms with van der Waals surface area (Å²) in [5.41, 5.74) is 7.05. The van der Waals surface area contributed by atoms with E-state index < -0.39 is 0 Å². The predicted molar refractivity (Wildman–Crippen MR) is 77.8 cm³/mol. The van der Waals surface area contributed by atoms with Crippen LogP contribution in [0.4, 0.5) is 4.39 Å². The van der Waals surface area contributed by atoms with Gasteiger partial charge in [0.15, 0.2) is 0 Å². The Morgan fingerprint density at radius 2 is 1.95 bits per heavy atom. The van der Waals surface area contributed by atoms with Crippen LogP contribution in [0.5, 0.6) is 0 Å². The summed E-state index contributed by atoms with van der Waals surface area (Å²) in [5.74, 6) is 0.155. The number of hydrogen-bond donors (Lipinski definition) is 1. The lowest BCUT2D eigenvalue weighted by Gasteiger charge is -2.45. The minimum absolute atomic E-state index is 0.0318. The van der Waals surface area contributed by atoms with Gasteiger partial charge in [0.2, 0.25) is 0 Å². The van der Waals surface area contributed by atoms with Crippen molar-refractivity contribution in [2.45, 2.75) is 56.6 Å². The Kier molecular flexibility index (Phi) is 4.08. The lowest BCUT2D eigenvalue weighted by molar-refractivity contribution is -0.120. The smallest absolute Gasteiger partial charge is 0.127 e. The van der Waals surface area contributed by atoms with Gasteiger partial charge in [-0.15, -0.1) is 0 Å². The van der Waals surface area contributed by atoms with Crippen LogP contribution in [0.15, 0.2) is 24.3 Å². The highest BCUT2D eigenvalue weighted by atomic mass is 19.1. The van der Waals surface area contributed by atoms with Gasteiger partial charge in [-0.05, 0) is 37.7 Å². The fourth-order valence-electron chi connectivity index (χ4n) is 3.92. The van der Waals surface area contributed by atoms with Crippen LogP contribution in [0.25, 0.3) is 0 Å². The molecule has 20 heavy (non-hydrogen) atoms. The molecule has 1 aliphatic heterocycles. The average molecular weight is 277 g/mol. The molecule has 1 saturated carbocycles. The molecule has 1 aliphatic carbocycles. The van der Waals surface area contributed by atoms with Crippen molar-refractivity contribution in [2.75, 3.05) is 6.61 Å². The quantitative estimate of drug-likeness (QED) is 0.888. The normalized spacial score (nSPS) is 27.4. The molecule has 1 aromatic carbocycles. The first-order valence-corrected chi connectivity index (χ1v) is 7.84. The van der Waals surface area contributed by atoms with E-state index in [-0.39, 0.29) is 17.5 Å². The zero-order chi connectivity index (χ0) is 14.0. The van der Waals surface area contributed by atoms with Crippen LogP contribution in [0, 0.1) is 11.7 Å². The minimum Gasteiger partial charge on any atom is -0.375 e. The number of ether oxygens (including phenoxy) is 1. The monoisotopic (exact) mass is 277 g/mol. The molecule has 0 aromatic heterocycles. The third kappa shape index (κ3) is 2.75. The molecule has 2 nitrogen and oxygen atoms in total. The Labute approximate surface area is 120 Å². The van der Waals surface area contributed by atoms with Gasteiger partial charge < -0.3 is 10.5 Å². The Morgan fingerprint density at radius 1 is 1.20 bits per heavy atom. The molecule has 3 heteroatoms. The lowest BCUT2D eigenvalue weighted by Crippen LogP contribution is -2.44. The van der Waals surface area contributed by atoms with Gasteiger partial charge >= 0.3 is 0 Å². The molecule has 2 atom stereocenters. The van der Waals surface area contributed by atoms with Crippen LogP contribution in [-0.2, 0) is 4.74 Å². The molecule has 0 amide bonds. The molecule has 2 aliphatic rings. The van der Waals surface area contributed by atoms with Crippen molar-refractivity contribution in [1.29, 1.82) is 0 Å². The van der Waals surface area contributed by atoms with Crippen LogP contribution >= 0.6 is 0 Å². The van der Waals surface area contributed by atoms with Gasteiger partial charge in [-0.1, -0.05) is 37.5 Å². The van der Waals surface area contributed by atoms with Crippen LogP contribution in [-0.4, -0.2) is 12.2 Å². The van der Waals surface area contributed by atoms with Gasteiger partial charge in [0, 0.05) is 18.2 Å². The predicted octanol–water partition coefficient (Wildman–Crippen LogP) is 3.96. The molecule has 0 bridgehead atoms. The van der Waals surface area contributed by atoms with Crippen molar-refractivity contribution < 1.29 is 9.13 Å². The second kappa shape index (κ2) is 5.82. The Morgan fingerprint density at radius 3 is 2.70 bits per heavy atom. The zero-order valence-electron chi connectivity index (χ0n) is 12.0. The molecule has 1 saturated heterocycles. The molecule has 2 fully saturated rings. The van der Waals surface area contributed by atoms with E-state index in [9.17, 15) is 4.39 Å². The summed E-state index contributed by atoms with van der Waals surface area (Å²) in [7, 11) is 0. The van der Waals surface area contributed by atoms with Crippen molar-refractivity contribution in [3.63, 3.8) is 0 Å². The van der Waals surface area contributed by atoms with E-state index in [1.54, 1.807) is 6.07 Å². The molecular weight excluding hydrogens is 253 g/mol. The summed E-state index contributed by atoms with van der Waals surface area (Å²) in [5, 5.41) is 0. The molecule has 1 spiro atoms. The SMILES string of the molecule is NC(c1ccccc1F)C1CCOC2(CCCCC2)C1. The maximum Gasteiger partial charge on any atom is 0.127 e. The number of rotatable bonds is 2. The Balaban J connectivity index is 1.75. The topological polar surface area (TPSA) is 35.2 Å². The highest BCUT2D eigenvalue weighted by molar-refractivity contribution is 5.22. The van der Waals surface area contributed by atoms with Gasteiger partial charge in [0.05, 0.1) is 5.60 Å². The second-order valence-corrected chi connectivity index (χ2v) is 6.39. The van der Waals surface area contributed by atoms with E-state index in [4.69, 9.17) is 10.5 Å². The van der Waals surface area contributed by atoms with Crippen molar-refractivity contribution in [3.05, 3.63) is 35.6 Å². The van der Waals surface area contributed by atoms with Crippen LogP contribution in [0.3, 0.4) is 0 Å². The van der Waals surface area contributed by atoms with Gasteiger partial charge in [-0.25, -0.2) is 4.39 Å². The molecule has 1 heterocycles. The molecule has 2 N–H and O–H groups in total. The summed E-state index contributed by atoms with van der Waals surface area (Å²) in [6, 6.07) is 6.71. The maximum absolute atomic E-state index is 13.9. The summed E-state index contributed by atoms with van der Waals surface area (Å²) in [6.07, 6.45) is 8.04. The van der Waals surface area contributed by atoms with Gasteiger partial charge in [0.1, 0.15) is 5.82 Å². The summed E-state index contributed by atoms with van der Waals surface area (Å²) in [4.78, 5) is 0. The molecular formula is C17H24FNO. The first-order chi connectivity index (χ1) is 9.70. The third-order valence-corrected chi connectivity index (χ3v) is 5.07. The molecule has 2 unspecified atom stereocenters. The van der Waals surface area contributed by atoms with Crippen molar-refractivity contribution in [1.82, 2.24) is 0 Å². The first-order valence-electron chi connectivity index (χ1n) is 7.84. The summed E-state index contributed by atoms with van der Waals surface area (Å²) >= 11 is 0. The highest BCUT2D eigenvalue weighted by Gasteiger charge is 2.40. The van der Waals surface area contributed by atoms with E-state index in [1.165, 1.54) is 25.3 Å². The average Bonchev–Trinajstić information content (AvgIpc) is 2.48. The summed E-state index contributed by atoms with van der Waals surface area (Å²) in [6.45, 7) is 0.771. The van der Waals surface area contributed by atoms with E-state index in [0.29, 0.717) is 11.5 Å². The fraction of sp³-hybridized carbons (Fsp3) is 0.647. The highest BCUT2D eigenvalue weighted by Crippen LogP contribution is 2.43. The van der Waals surface area contributed by atoms with Crippen molar-refractivity contribution >= 4 is 0 Å². The maximum atomic E-state index is 13.9. The molecule has 1 aromatic rings. The Bertz CT molecular complexity index is 451. The third-order valence-electron chi connectivity index (χ3n) is 5.07. The summed E-state index contributed by atoms with van der Waals surface area (Å²) < 4.78 is 20.0. The largest absolute Gasteiger partial charge is 0.375 e. The molecule has 3 rings (SSSR count). The van der Waals surface area contributed by atoms with Crippen LogP contribution in [0.2, 0.25) is 0 Å². The minimum atomic E-state index is -0.209. The number of halogens is 1. The van der Waals surface area contributed by atoms with Crippen molar-refractivity contribution in [2.24, 2.45) is 11.7 Å². The first kappa shape index (κ1) is 14.0. The van der Waals surface area contributed by atoms with Crippen LogP contribution in [0.1, 0.15) is 56.6 Å². The molecule has 110 valence electrons.